The summed E-state index contributed by atoms with van der Waals surface area (Å²) in [5, 5.41) is 0. The maximum atomic E-state index is 11.4. The first-order chi connectivity index (χ1) is 2.94. The zero-order valence-electron chi connectivity index (χ0n) is 5.63. The van der Waals surface area contributed by atoms with Gasteiger partial charge in [-0.15, -0.1) is 0 Å². The van der Waals surface area contributed by atoms with Gasteiger partial charge in [-0.2, -0.15) is 8.42 Å². The fourth-order valence-electron chi connectivity index (χ4n) is 0. The summed E-state index contributed by atoms with van der Waals surface area (Å²) in [6.07, 6.45) is 0. The maximum absolute atomic E-state index is 11.4. The van der Waals surface area contributed by atoms with Gasteiger partial charge in [0, 0.05) is 0 Å². The molecule has 1 N–H and O–H groups in total. The molecule has 0 spiro atoms. The molecule has 0 aromatic rings. The van der Waals surface area contributed by atoms with Gasteiger partial charge in [-0.05, 0) is 6.92 Å². The molecule has 0 saturated heterocycles. The summed E-state index contributed by atoms with van der Waals surface area (Å²) in [4.78, 5) is 0. The second-order valence-corrected chi connectivity index (χ2v) is 2.74. The van der Waals surface area contributed by atoms with Crippen LogP contribution in [0.15, 0.2) is 0 Å². The first-order valence-corrected chi connectivity index (χ1v) is 3.05. The Morgan fingerprint density at radius 3 is 1.88 bits per heavy atom. The van der Waals surface area contributed by atoms with E-state index in [1.54, 1.807) is 0 Å². The molecule has 1 atom stereocenters. The molecule has 0 aliphatic rings. The van der Waals surface area contributed by atoms with Crippen molar-refractivity contribution in [3.63, 3.8) is 0 Å². The van der Waals surface area contributed by atoms with Crippen LogP contribution in [0.25, 0.3) is 0 Å². The molecule has 8 heavy (non-hydrogen) atoms. The number of hydrogen-bond acceptors (Lipinski definition) is 2. The predicted octanol–water partition coefficient (Wildman–Crippen LogP) is -2.69. The van der Waals surface area contributed by atoms with Crippen LogP contribution in [0.2, 0.25) is 0 Å². The van der Waals surface area contributed by atoms with Gasteiger partial charge in [0.1, 0.15) is 0 Å². The third-order valence-electron chi connectivity index (χ3n) is 0.410. The van der Waals surface area contributed by atoms with Crippen LogP contribution in [0.1, 0.15) is 8.35 Å². The molecule has 0 aliphatic heterocycles. The molecule has 0 aromatic carbocycles. The molecule has 0 saturated carbocycles. The fraction of sp³-hybridized carbons (Fsp3) is 1.00. The Bertz CT molecular complexity index is 144. The van der Waals surface area contributed by atoms with Crippen molar-refractivity contribution < 1.29 is 48.3 Å². The summed E-state index contributed by atoms with van der Waals surface area (Å²) >= 11 is 0. The molecule has 0 heterocycles. The van der Waals surface area contributed by atoms with Gasteiger partial charge >= 0.3 is 29.6 Å². The van der Waals surface area contributed by atoms with Crippen LogP contribution in [0, 0.1) is 0 Å². The van der Waals surface area contributed by atoms with Gasteiger partial charge in [0.2, 0.25) is 5.50 Å². The van der Waals surface area contributed by atoms with Crippen molar-refractivity contribution >= 4 is 10.1 Å². The zero-order valence-corrected chi connectivity index (χ0v) is 7.44. The average molecular weight is 152 g/mol. The third kappa shape index (κ3) is 4.99. The van der Waals surface area contributed by atoms with Crippen LogP contribution in [0.3, 0.4) is 0 Å². The predicted molar refractivity (Wildman–Crippen MR) is 23.2 cm³/mol. The van der Waals surface area contributed by atoms with Crippen LogP contribution < -0.4 is 29.6 Å². The third-order valence-corrected chi connectivity index (χ3v) is 1.23. The topological polar surface area (TPSA) is 54.4 Å². The Hall–Kier alpha value is 0.840. The minimum Gasteiger partial charge on any atom is -1.00 e. The van der Waals surface area contributed by atoms with Gasteiger partial charge in [-0.1, -0.05) is 0 Å². The van der Waals surface area contributed by atoms with E-state index in [9.17, 15) is 12.8 Å². The van der Waals surface area contributed by atoms with E-state index >= 15 is 0 Å². The van der Waals surface area contributed by atoms with Gasteiger partial charge in [0.15, 0.2) is 0 Å². The van der Waals surface area contributed by atoms with E-state index in [2.05, 4.69) is 0 Å². The van der Waals surface area contributed by atoms with E-state index in [4.69, 9.17) is 4.55 Å². The summed E-state index contributed by atoms with van der Waals surface area (Å²) in [5.74, 6) is 0. The Kier molecular flexibility index (Phi) is 5.50. The molecule has 0 bridgehead atoms. The number of halogens is 1. The maximum Gasteiger partial charge on any atom is 1.00 e. The summed E-state index contributed by atoms with van der Waals surface area (Å²) in [7, 11) is -4.41. The zero-order chi connectivity index (χ0) is 6.08. The molecule has 1 unspecified atom stereocenters. The summed E-state index contributed by atoms with van der Waals surface area (Å²) < 4.78 is 38.1. The van der Waals surface area contributed by atoms with Crippen LogP contribution in [0.4, 0.5) is 4.39 Å². The Balaban J connectivity index is -0.000000180. The number of alkyl halides is 1. The van der Waals surface area contributed by atoms with Crippen molar-refractivity contribution in [3.05, 3.63) is 0 Å². The SMILES string of the molecule is CC(F)S(=O)(=O)O.[H-].[Na+]. The molecule has 6 heteroatoms. The smallest absolute Gasteiger partial charge is 1.00 e. The second-order valence-electron chi connectivity index (χ2n) is 1.06. The van der Waals surface area contributed by atoms with Crippen molar-refractivity contribution in [1.29, 1.82) is 0 Å². The molecule has 0 radical (unpaired) electrons. The minimum atomic E-state index is -4.41. The van der Waals surface area contributed by atoms with Crippen molar-refractivity contribution in [1.82, 2.24) is 0 Å². The van der Waals surface area contributed by atoms with E-state index in [0.717, 1.165) is 6.92 Å². The van der Waals surface area contributed by atoms with Crippen LogP contribution in [0.5, 0.6) is 0 Å². The molecular weight excluding hydrogens is 146 g/mol. The van der Waals surface area contributed by atoms with Gasteiger partial charge in [-0.25, -0.2) is 4.39 Å². The first kappa shape index (κ1) is 11.6. The molecule has 3 nitrogen and oxygen atoms in total. The first-order valence-electron chi connectivity index (χ1n) is 1.55. The van der Waals surface area contributed by atoms with E-state index in [-0.39, 0.29) is 31.0 Å². The van der Waals surface area contributed by atoms with Crippen molar-refractivity contribution in [2.24, 2.45) is 0 Å². The van der Waals surface area contributed by atoms with Gasteiger partial charge in [0.25, 0.3) is 10.1 Å². The molecule has 0 aromatic heterocycles. The average Bonchev–Trinajstić information content (AvgIpc) is 1.31. The van der Waals surface area contributed by atoms with Crippen molar-refractivity contribution in [3.8, 4) is 0 Å². The fourth-order valence-corrected chi connectivity index (χ4v) is 0. The van der Waals surface area contributed by atoms with E-state index in [1.165, 1.54) is 0 Å². The quantitative estimate of drug-likeness (QED) is 0.329. The molecular formula is C2H6FNaO3S. The Morgan fingerprint density at radius 2 is 1.88 bits per heavy atom. The van der Waals surface area contributed by atoms with Crippen LogP contribution in [-0.4, -0.2) is 18.5 Å². The normalized spacial score (nSPS) is 14.4. The Morgan fingerprint density at radius 1 is 1.75 bits per heavy atom. The number of rotatable bonds is 1. The van der Waals surface area contributed by atoms with Gasteiger partial charge < -0.3 is 1.43 Å². The van der Waals surface area contributed by atoms with E-state index < -0.39 is 15.6 Å². The van der Waals surface area contributed by atoms with Gasteiger partial charge in [0.05, 0.1) is 0 Å². The van der Waals surface area contributed by atoms with Crippen LogP contribution >= 0.6 is 0 Å². The standard InChI is InChI=1S/C2H5FO3S.Na.H/c1-2(3)7(4,5)6;;/h2H,1H3,(H,4,5,6);;/q;+1;-1. The van der Waals surface area contributed by atoms with Crippen molar-refractivity contribution in [2.75, 3.05) is 0 Å². The Labute approximate surface area is 70.8 Å². The molecule has 0 rings (SSSR count). The monoisotopic (exact) mass is 152 g/mol. The summed E-state index contributed by atoms with van der Waals surface area (Å²) in [6, 6.07) is 0. The molecule has 0 amide bonds. The molecule has 46 valence electrons. The van der Waals surface area contributed by atoms with Gasteiger partial charge in [-0.3, -0.25) is 4.55 Å². The molecule has 0 fully saturated rings. The van der Waals surface area contributed by atoms with E-state index in [1.807, 2.05) is 0 Å². The van der Waals surface area contributed by atoms with E-state index in [0.29, 0.717) is 0 Å². The molecule has 0 aliphatic carbocycles. The largest absolute Gasteiger partial charge is 1.00 e. The minimum absolute atomic E-state index is 0. The second kappa shape index (κ2) is 3.79. The van der Waals surface area contributed by atoms with Crippen LogP contribution in [-0.2, 0) is 10.1 Å². The van der Waals surface area contributed by atoms with Crippen molar-refractivity contribution in [2.45, 2.75) is 12.4 Å². The summed E-state index contributed by atoms with van der Waals surface area (Å²) in [6.45, 7) is 0.745. The summed E-state index contributed by atoms with van der Waals surface area (Å²) in [5.41, 5.74) is -2.17. The number of hydrogen-bond donors (Lipinski definition) is 1.